The molecule has 180 valence electrons. The summed E-state index contributed by atoms with van der Waals surface area (Å²) < 4.78 is 6.12. The number of carbonyl (C=O) groups is 2. The smallest absolute Gasteiger partial charge is 0.352 e. The predicted octanol–water partition coefficient (Wildman–Crippen LogP) is 4.99. The summed E-state index contributed by atoms with van der Waals surface area (Å²) in [4.78, 5) is 29.2. The van der Waals surface area contributed by atoms with Crippen molar-refractivity contribution in [3.8, 4) is 11.1 Å². The number of thioether (sulfide) groups is 1. The van der Waals surface area contributed by atoms with Crippen LogP contribution in [-0.4, -0.2) is 57.8 Å². The summed E-state index contributed by atoms with van der Waals surface area (Å²) in [5.74, 6) is -2.60. The Morgan fingerprint density at radius 1 is 1.06 bits per heavy atom. The number of carboxylic acid groups (broad SMARTS) is 2. The molecule has 0 bridgehead atoms. The van der Waals surface area contributed by atoms with E-state index in [1.807, 2.05) is 66.7 Å². The Hall–Kier alpha value is -3.33. The molecule has 0 aliphatic carbocycles. The summed E-state index contributed by atoms with van der Waals surface area (Å²) in [6.07, 6.45) is 2.02. The molecule has 9 heteroatoms. The molecule has 3 aromatic rings. The topological polar surface area (TPSA) is 100.0 Å². The maximum atomic E-state index is 11.8. The lowest BCUT2D eigenvalue weighted by atomic mass is 10.1. The van der Waals surface area contributed by atoms with E-state index in [2.05, 4.69) is 4.98 Å². The number of nitrogens with zero attached hydrogens (tertiary/aromatic N) is 2. The lowest BCUT2D eigenvalue weighted by molar-refractivity contribution is -0.137. The fourth-order valence-corrected chi connectivity index (χ4v) is 5.49. The van der Waals surface area contributed by atoms with Crippen LogP contribution < -0.4 is 0 Å². The van der Waals surface area contributed by atoms with Gasteiger partial charge in [0.05, 0.1) is 24.0 Å². The highest BCUT2D eigenvalue weighted by atomic mass is 35.5. The number of benzene rings is 2. The fourth-order valence-electron chi connectivity index (χ4n) is 3.97. The molecule has 4 rings (SSSR count). The van der Waals surface area contributed by atoms with Crippen molar-refractivity contribution in [1.29, 1.82) is 0 Å². The number of morpholine rings is 1. The van der Waals surface area contributed by atoms with Gasteiger partial charge in [0.15, 0.2) is 0 Å². The standard InChI is InChI=1S/C26H23ClN2O5S/c27-20-11-5-4-9-18(20)19-10-6-12-28-25(19)35-24(17-7-2-1-3-8-17)22-16-29(13-14-34-22)21(26(32)33)15-23(30)31/h1-12,15,22,24H,13-14,16H2,(H,30,31)(H,32,33)/b21-15-/t22-,24?/m0/s1. The molecule has 2 N–H and O–H groups in total. The highest BCUT2D eigenvalue weighted by Crippen LogP contribution is 2.44. The predicted molar refractivity (Wildman–Crippen MR) is 134 cm³/mol. The van der Waals surface area contributed by atoms with E-state index in [1.165, 1.54) is 11.8 Å². The molecule has 2 heterocycles. The number of rotatable bonds is 8. The maximum Gasteiger partial charge on any atom is 0.352 e. The highest BCUT2D eigenvalue weighted by molar-refractivity contribution is 7.99. The van der Waals surface area contributed by atoms with Crippen LogP contribution >= 0.6 is 23.4 Å². The van der Waals surface area contributed by atoms with Gasteiger partial charge in [0, 0.05) is 35.4 Å². The summed E-state index contributed by atoms with van der Waals surface area (Å²) in [5.41, 5.74) is 2.46. The first kappa shape index (κ1) is 24.8. The van der Waals surface area contributed by atoms with Gasteiger partial charge in [-0.15, -0.1) is 0 Å². The van der Waals surface area contributed by atoms with Gasteiger partial charge in [-0.05, 0) is 17.7 Å². The largest absolute Gasteiger partial charge is 0.478 e. The quantitative estimate of drug-likeness (QED) is 0.323. The van der Waals surface area contributed by atoms with Crippen molar-refractivity contribution in [1.82, 2.24) is 9.88 Å². The Labute approximate surface area is 212 Å². The molecule has 2 aromatic carbocycles. The van der Waals surface area contributed by atoms with Gasteiger partial charge in [0.1, 0.15) is 10.7 Å². The molecular formula is C26H23ClN2O5S. The van der Waals surface area contributed by atoms with Crippen LogP contribution in [0, 0.1) is 0 Å². The van der Waals surface area contributed by atoms with Gasteiger partial charge in [-0.1, -0.05) is 78.0 Å². The number of halogens is 1. The first-order valence-corrected chi connectivity index (χ1v) is 12.2. The summed E-state index contributed by atoms with van der Waals surface area (Å²) >= 11 is 7.99. The minimum Gasteiger partial charge on any atom is -0.478 e. The molecule has 35 heavy (non-hydrogen) atoms. The molecule has 1 aliphatic rings. The van der Waals surface area contributed by atoms with Crippen LogP contribution in [0.3, 0.4) is 0 Å². The van der Waals surface area contributed by atoms with Crippen molar-refractivity contribution < 1.29 is 24.5 Å². The average Bonchev–Trinajstić information content (AvgIpc) is 2.87. The molecule has 2 atom stereocenters. The number of hydrogen-bond donors (Lipinski definition) is 2. The van der Waals surface area contributed by atoms with E-state index in [-0.39, 0.29) is 30.6 Å². The zero-order chi connectivity index (χ0) is 24.8. The van der Waals surface area contributed by atoms with Crippen LogP contribution in [0.15, 0.2) is 89.7 Å². The Kier molecular flexibility index (Phi) is 8.07. The Morgan fingerprint density at radius 3 is 2.49 bits per heavy atom. The van der Waals surface area contributed by atoms with E-state index in [0.717, 1.165) is 27.8 Å². The Balaban J connectivity index is 1.70. The number of pyridine rings is 1. The first-order valence-electron chi connectivity index (χ1n) is 10.9. The van der Waals surface area contributed by atoms with Gasteiger partial charge >= 0.3 is 11.9 Å². The molecule has 1 aromatic heterocycles. The van der Waals surface area contributed by atoms with Crippen LogP contribution in [0.5, 0.6) is 0 Å². The van der Waals surface area contributed by atoms with Crippen molar-refractivity contribution in [2.75, 3.05) is 19.7 Å². The van der Waals surface area contributed by atoms with Gasteiger partial charge in [0.2, 0.25) is 0 Å². The highest BCUT2D eigenvalue weighted by Gasteiger charge is 2.33. The minimum absolute atomic E-state index is 0.215. The Bertz CT molecular complexity index is 1240. The number of aliphatic carboxylic acids is 2. The van der Waals surface area contributed by atoms with Gasteiger partial charge in [-0.2, -0.15) is 0 Å². The lowest BCUT2D eigenvalue weighted by Gasteiger charge is -2.38. The van der Waals surface area contributed by atoms with Crippen molar-refractivity contribution >= 4 is 35.3 Å². The van der Waals surface area contributed by atoms with E-state index >= 15 is 0 Å². The van der Waals surface area contributed by atoms with Gasteiger partial charge in [-0.25, -0.2) is 14.6 Å². The van der Waals surface area contributed by atoms with Crippen LogP contribution in [0.1, 0.15) is 10.8 Å². The molecule has 0 amide bonds. The zero-order valence-electron chi connectivity index (χ0n) is 18.6. The van der Waals surface area contributed by atoms with E-state index in [4.69, 9.17) is 21.4 Å². The number of carboxylic acids is 2. The van der Waals surface area contributed by atoms with Crippen LogP contribution in [-0.2, 0) is 14.3 Å². The lowest BCUT2D eigenvalue weighted by Crippen LogP contribution is -2.45. The molecule has 7 nitrogen and oxygen atoms in total. The second kappa shape index (κ2) is 11.4. The monoisotopic (exact) mass is 510 g/mol. The molecule has 1 unspecified atom stereocenters. The maximum absolute atomic E-state index is 11.8. The third-order valence-corrected chi connectivity index (χ3v) is 7.26. The molecule has 0 spiro atoms. The van der Waals surface area contributed by atoms with Crippen LogP contribution in [0.2, 0.25) is 5.02 Å². The third-order valence-electron chi connectivity index (χ3n) is 5.55. The average molecular weight is 511 g/mol. The zero-order valence-corrected chi connectivity index (χ0v) is 20.2. The van der Waals surface area contributed by atoms with Crippen LogP contribution in [0.4, 0.5) is 0 Å². The van der Waals surface area contributed by atoms with E-state index < -0.39 is 18.0 Å². The molecule has 0 radical (unpaired) electrons. The molecule has 1 fully saturated rings. The van der Waals surface area contributed by atoms with Gasteiger partial charge in [-0.3, -0.25) is 0 Å². The SMILES string of the molecule is O=C(O)/C=C(/C(=O)O)N1CCO[C@H](C(Sc2ncccc2-c2ccccc2Cl)c2ccccc2)C1. The molecular weight excluding hydrogens is 488 g/mol. The first-order chi connectivity index (χ1) is 16.9. The summed E-state index contributed by atoms with van der Waals surface area (Å²) in [5, 5.41) is 19.9. The second-order valence-electron chi connectivity index (χ2n) is 7.81. The van der Waals surface area contributed by atoms with E-state index in [9.17, 15) is 14.7 Å². The molecule has 1 aliphatic heterocycles. The Morgan fingerprint density at radius 2 is 1.77 bits per heavy atom. The van der Waals surface area contributed by atoms with Gasteiger partial charge < -0.3 is 19.8 Å². The van der Waals surface area contributed by atoms with Crippen molar-refractivity contribution in [3.05, 3.63) is 95.3 Å². The van der Waals surface area contributed by atoms with Crippen molar-refractivity contribution in [2.24, 2.45) is 0 Å². The minimum atomic E-state index is -1.31. The fraction of sp³-hybridized carbons (Fsp3) is 0.192. The molecule has 1 saturated heterocycles. The summed E-state index contributed by atoms with van der Waals surface area (Å²) in [6.45, 7) is 0.757. The third kappa shape index (κ3) is 6.03. The van der Waals surface area contributed by atoms with E-state index in [1.54, 1.807) is 11.1 Å². The molecule has 0 saturated carbocycles. The number of hydrogen-bond acceptors (Lipinski definition) is 6. The van der Waals surface area contributed by atoms with E-state index in [0.29, 0.717) is 5.02 Å². The summed E-state index contributed by atoms with van der Waals surface area (Å²) in [7, 11) is 0. The second-order valence-corrected chi connectivity index (χ2v) is 9.35. The van der Waals surface area contributed by atoms with Gasteiger partial charge in [0.25, 0.3) is 0 Å². The normalized spacial score (nSPS) is 17.1. The van der Waals surface area contributed by atoms with Crippen molar-refractivity contribution in [2.45, 2.75) is 16.4 Å². The number of ether oxygens (including phenoxy) is 1. The van der Waals surface area contributed by atoms with Crippen LogP contribution in [0.25, 0.3) is 11.1 Å². The summed E-state index contributed by atoms with van der Waals surface area (Å²) in [6, 6.07) is 21.2. The van der Waals surface area contributed by atoms with Crippen molar-refractivity contribution in [3.63, 3.8) is 0 Å². The number of aromatic nitrogens is 1.